The van der Waals surface area contributed by atoms with Crippen molar-refractivity contribution in [1.82, 2.24) is 5.32 Å². The number of benzene rings is 2. The van der Waals surface area contributed by atoms with Gasteiger partial charge >= 0.3 is 0 Å². The van der Waals surface area contributed by atoms with Gasteiger partial charge in [-0.1, -0.05) is 12.1 Å². The largest absolute Gasteiger partial charge is 0.454 e. The second-order valence-electron chi connectivity index (χ2n) is 7.44. The third-order valence-corrected chi connectivity index (χ3v) is 5.94. The molecule has 0 saturated carbocycles. The number of rotatable bonds is 1. The molecular weight excluding hydrogens is 358 g/mol. The molecule has 0 fully saturated rings. The topological polar surface area (TPSA) is 66.0 Å². The molecule has 4 aliphatic rings. The van der Waals surface area contributed by atoms with Gasteiger partial charge in [0.05, 0.1) is 5.92 Å². The quantitative estimate of drug-likeness (QED) is 0.825. The van der Waals surface area contributed by atoms with Crippen LogP contribution >= 0.6 is 0 Å². The summed E-state index contributed by atoms with van der Waals surface area (Å²) in [7, 11) is 0. The number of ether oxygens (including phenoxy) is 4. The van der Waals surface area contributed by atoms with Crippen molar-refractivity contribution in [2.24, 2.45) is 5.92 Å². The summed E-state index contributed by atoms with van der Waals surface area (Å²) in [5.41, 5.74) is 5.34. The molecule has 0 aromatic heterocycles. The van der Waals surface area contributed by atoms with Gasteiger partial charge in [-0.2, -0.15) is 0 Å². The molecule has 3 heterocycles. The van der Waals surface area contributed by atoms with E-state index in [1.165, 1.54) is 0 Å². The highest BCUT2D eigenvalue weighted by Gasteiger charge is 2.38. The minimum Gasteiger partial charge on any atom is -0.454 e. The molecule has 0 spiro atoms. The van der Waals surface area contributed by atoms with Crippen molar-refractivity contribution in [3.05, 3.63) is 47.0 Å². The Morgan fingerprint density at radius 1 is 0.929 bits per heavy atom. The van der Waals surface area contributed by atoms with Crippen LogP contribution in [0.15, 0.2) is 30.3 Å². The summed E-state index contributed by atoms with van der Waals surface area (Å²) in [4.78, 5) is 13.0. The highest BCUT2D eigenvalue weighted by molar-refractivity contribution is 6.08. The fourth-order valence-corrected chi connectivity index (χ4v) is 4.66. The zero-order chi connectivity index (χ0) is 18.7. The van der Waals surface area contributed by atoms with Gasteiger partial charge < -0.3 is 24.3 Å². The van der Waals surface area contributed by atoms with Crippen molar-refractivity contribution < 1.29 is 23.7 Å². The van der Waals surface area contributed by atoms with E-state index < -0.39 is 0 Å². The van der Waals surface area contributed by atoms with Gasteiger partial charge in [0.1, 0.15) is 5.78 Å². The van der Waals surface area contributed by atoms with Gasteiger partial charge in [-0.25, -0.2) is 0 Å². The van der Waals surface area contributed by atoms with Gasteiger partial charge in [0.2, 0.25) is 13.6 Å². The summed E-state index contributed by atoms with van der Waals surface area (Å²) in [6, 6.07) is 9.92. The zero-order valence-corrected chi connectivity index (χ0v) is 15.2. The van der Waals surface area contributed by atoms with Crippen molar-refractivity contribution in [2.45, 2.75) is 12.8 Å². The average Bonchev–Trinajstić information content (AvgIpc) is 3.31. The van der Waals surface area contributed by atoms with E-state index in [0.29, 0.717) is 13.0 Å². The van der Waals surface area contributed by atoms with E-state index in [4.69, 9.17) is 18.9 Å². The Labute approximate surface area is 162 Å². The first-order valence-corrected chi connectivity index (χ1v) is 9.58. The Morgan fingerprint density at radius 3 is 2.71 bits per heavy atom. The highest BCUT2D eigenvalue weighted by atomic mass is 16.7. The number of ketones is 1. The third-order valence-electron chi connectivity index (χ3n) is 5.94. The van der Waals surface area contributed by atoms with Crippen LogP contribution in [0.5, 0.6) is 23.0 Å². The number of nitrogens with one attached hydrogen (secondary N) is 1. The Bertz CT molecular complexity index is 1040. The molecule has 1 unspecified atom stereocenters. The monoisotopic (exact) mass is 377 g/mol. The normalized spacial score (nSPS) is 22.0. The number of hydrogen-bond donors (Lipinski definition) is 1. The van der Waals surface area contributed by atoms with Crippen molar-refractivity contribution >= 4 is 16.9 Å². The third kappa shape index (κ3) is 2.27. The van der Waals surface area contributed by atoms with Gasteiger partial charge in [-0.05, 0) is 53.4 Å². The first-order chi connectivity index (χ1) is 13.8. The van der Waals surface area contributed by atoms with Crippen LogP contribution in [0.1, 0.15) is 23.1 Å². The molecular formula is C22H19NO5. The van der Waals surface area contributed by atoms with Crippen LogP contribution in [0.3, 0.4) is 0 Å². The summed E-state index contributed by atoms with van der Waals surface area (Å²) in [5.74, 6) is 3.09. The molecule has 1 aliphatic carbocycles. The molecule has 2 aromatic rings. The number of hydrogen-bond acceptors (Lipinski definition) is 6. The van der Waals surface area contributed by atoms with Crippen LogP contribution in [0.2, 0.25) is 0 Å². The Morgan fingerprint density at radius 2 is 1.75 bits per heavy atom. The molecule has 6 heteroatoms. The molecule has 0 radical (unpaired) electrons. The molecule has 142 valence electrons. The molecule has 0 amide bonds. The fourth-order valence-electron chi connectivity index (χ4n) is 4.66. The van der Waals surface area contributed by atoms with Gasteiger partial charge in [0, 0.05) is 18.5 Å². The van der Waals surface area contributed by atoms with Crippen molar-refractivity contribution in [2.75, 3.05) is 26.7 Å². The lowest BCUT2D eigenvalue weighted by atomic mass is 9.75. The van der Waals surface area contributed by atoms with Crippen LogP contribution in [-0.4, -0.2) is 32.5 Å². The predicted octanol–water partition coefficient (Wildman–Crippen LogP) is 2.79. The maximum atomic E-state index is 13.0. The SMILES string of the molecule is O=C1Cc2ccc3c(c2C2=C(c4ccc5c(c4)OCO5)CCNCC12)OCO3. The minimum atomic E-state index is -0.189. The summed E-state index contributed by atoms with van der Waals surface area (Å²) < 4.78 is 22.5. The van der Waals surface area contributed by atoms with E-state index >= 15 is 0 Å². The first kappa shape index (κ1) is 16.0. The molecule has 1 N–H and O–H groups in total. The van der Waals surface area contributed by atoms with Crippen LogP contribution in [0, 0.1) is 5.92 Å². The van der Waals surface area contributed by atoms with Crippen LogP contribution in [0.4, 0.5) is 0 Å². The van der Waals surface area contributed by atoms with E-state index in [1.807, 2.05) is 24.3 Å². The van der Waals surface area contributed by atoms with Crippen LogP contribution < -0.4 is 24.3 Å². The van der Waals surface area contributed by atoms with Crippen LogP contribution in [-0.2, 0) is 11.2 Å². The van der Waals surface area contributed by atoms with E-state index in [2.05, 4.69) is 11.4 Å². The molecule has 6 rings (SSSR count). The van der Waals surface area contributed by atoms with Crippen LogP contribution in [0.25, 0.3) is 11.1 Å². The molecule has 1 atom stereocenters. The molecule has 2 aromatic carbocycles. The number of carbonyl (C=O) groups is 1. The number of carbonyl (C=O) groups excluding carboxylic acids is 1. The molecule has 6 nitrogen and oxygen atoms in total. The van der Waals surface area contributed by atoms with Gasteiger partial charge in [-0.3, -0.25) is 4.79 Å². The number of Topliss-reactive ketones (excluding diaryl/α,β-unsaturated/α-hetero) is 1. The lowest BCUT2D eigenvalue weighted by Crippen LogP contribution is -2.32. The Kier molecular flexibility index (Phi) is 3.43. The smallest absolute Gasteiger partial charge is 0.231 e. The Hall–Kier alpha value is -2.99. The van der Waals surface area contributed by atoms with E-state index in [-0.39, 0.29) is 25.3 Å². The van der Waals surface area contributed by atoms with Crippen molar-refractivity contribution in [1.29, 1.82) is 0 Å². The fraction of sp³-hybridized carbons (Fsp3) is 0.318. The van der Waals surface area contributed by atoms with E-state index in [0.717, 1.165) is 63.8 Å². The summed E-state index contributed by atoms with van der Waals surface area (Å²) in [6.07, 6.45) is 1.25. The molecule has 3 aliphatic heterocycles. The predicted molar refractivity (Wildman–Crippen MR) is 102 cm³/mol. The lowest BCUT2D eigenvalue weighted by molar-refractivity contribution is -0.120. The second kappa shape index (κ2) is 6.01. The molecule has 0 saturated heterocycles. The first-order valence-electron chi connectivity index (χ1n) is 9.58. The van der Waals surface area contributed by atoms with E-state index in [9.17, 15) is 4.79 Å². The molecule has 0 bridgehead atoms. The maximum Gasteiger partial charge on any atom is 0.231 e. The van der Waals surface area contributed by atoms with Crippen molar-refractivity contribution in [3.8, 4) is 23.0 Å². The summed E-state index contributed by atoms with van der Waals surface area (Å²) in [5, 5.41) is 3.44. The average molecular weight is 377 g/mol. The Balaban J connectivity index is 1.62. The number of fused-ring (bicyclic) bond motifs is 6. The zero-order valence-electron chi connectivity index (χ0n) is 15.2. The summed E-state index contributed by atoms with van der Waals surface area (Å²) >= 11 is 0. The van der Waals surface area contributed by atoms with Gasteiger partial charge in [0.25, 0.3) is 0 Å². The van der Waals surface area contributed by atoms with Gasteiger partial charge in [-0.15, -0.1) is 0 Å². The molecule has 28 heavy (non-hydrogen) atoms. The van der Waals surface area contributed by atoms with Gasteiger partial charge in [0.15, 0.2) is 23.0 Å². The summed E-state index contributed by atoms with van der Waals surface area (Å²) in [6.45, 7) is 1.93. The van der Waals surface area contributed by atoms with E-state index in [1.54, 1.807) is 0 Å². The second-order valence-corrected chi connectivity index (χ2v) is 7.44. The maximum absolute atomic E-state index is 13.0. The minimum absolute atomic E-state index is 0.189. The van der Waals surface area contributed by atoms with Crippen molar-refractivity contribution in [3.63, 3.8) is 0 Å². The lowest BCUT2D eigenvalue weighted by Gasteiger charge is -2.29. The highest BCUT2D eigenvalue weighted by Crippen LogP contribution is 2.50. The standard InChI is InChI=1S/C22H19NO5/c24-16-7-13-2-4-18-22(28-11-26-18)20(13)21-14(5-6-23-9-15(16)21)12-1-3-17-19(8-12)27-10-25-17/h1-4,8,15,23H,5-7,9-11H2.